The van der Waals surface area contributed by atoms with Crippen LogP contribution in [-0.4, -0.2) is 30.8 Å². The number of fused-ring (bicyclic) bond motifs is 3. The SMILES string of the molecule is CCCn1c(=O)c2ccccc2n2c(SCC(=O)Nc3ccccc3)nnc12. The summed E-state index contributed by atoms with van der Waals surface area (Å²) in [6.07, 6.45) is 0.808. The van der Waals surface area contributed by atoms with Gasteiger partial charge in [-0.1, -0.05) is 49.0 Å². The van der Waals surface area contributed by atoms with Crippen molar-refractivity contribution in [3.8, 4) is 0 Å². The lowest BCUT2D eigenvalue weighted by Crippen LogP contribution is -2.23. The summed E-state index contributed by atoms with van der Waals surface area (Å²) in [6.45, 7) is 2.57. The molecule has 0 fully saturated rings. The summed E-state index contributed by atoms with van der Waals surface area (Å²) >= 11 is 1.29. The zero-order chi connectivity index (χ0) is 19.5. The molecule has 2 heterocycles. The van der Waals surface area contributed by atoms with Crippen LogP contribution in [0.15, 0.2) is 64.5 Å². The predicted molar refractivity (Wildman–Crippen MR) is 111 cm³/mol. The third kappa shape index (κ3) is 3.38. The van der Waals surface area contributed by atoms with Crippen molar-refractivity contribution in [1.82, 2.24) is 19.2 Å². The highest BCUT2D eigenvalue weighted by Crippen LogP contribution is 2.22. The van der Waals surface area contributed by atoms with Crippen molar-refractivity contribution in [3.05, 3.63) is 65.0 Å². The van der Waals surface area contributed by atoms with Crippen LogP contribution in [0.3, 0.4) is 0 Å². The Bertz CT molecular complexity index is 1200. The Balaban J connectivity index is 1.68. The molecule has 0 aliphatic heterocycles. The molecule has 4 aromatic rings. The van der Waals surface area contributed by atoms with Crippen molar-refractivity contribution < 1.29 is 4.79 Å². The molecule has 142 valence electrons. The Morgan fingerprint density at radius 3 is 2.61 bits per heavy atom. The van der Waals surface area contributed by atoms with Crippen molar-refractivity contribution in [3.63, 3.8) is 0 Å². The second-order valence-corrected chi connectivity index (χ2v) is 7.24. The molecule has 2 aromatic carbocycles. The molecule has 0 saturated carbocycles. The van der Waals surface area contributed by atoms with E-state index in [1.165, 1.54) is 11.8 Å². The number of thioether (sulfide) groups is 1. The summed E-state index contributed by atoms with van der Waals surface area (Å²) in [5.74, 6) is 0.562. The fraction of sp³-hybridized carbons (Fsp3) is 0.200. The molecule has 1 N–H and O–H groups in total. The third-order valence-corrected chi connectivity index (χ3v) is 5.24. The van der Waals surface area contributed by atoms with Crippen LogP contribution in [0.4, 0.5) is 5.69 Å². The third-order valence-electron chi connectivity index (χ3n) is 4.32. The van der Waals surface area contributed by atoms with Gasteiger partial charge in [0.25, 0.3) is 5.56 Å². The minimum atomic E-state index is -0.126. The van der Waals surface area contributed by atoms with Gasteiger partial charge in [0.1, 0.15) is 0 Å². The molecule has 7 nitrogen and oxygen atoms in total. The molecule has 0 aliphatic carbocycles. The molecule has 0 radical (unpaired) electrons. The van der Waals surface area contributed by atoms with Gasteiger partial charge in [0.15, 0.2) is 5.16 Å². The van der Waals surface area contributed by atoms with E-state index in [2.05, 4.69) is 15.5 Å². The monoisotopic (exact) mass is 393 g/mol. The van der Waals surface area contributed by atoms with Gasteiger partial charge in [-0.15, -0.1) is 10.2 Å². The van der Waals surface area contributed by atoms with Crippen LogP contribution >= 0.6 is 11.8 Å². The van der Waals surface area contributed by atoms with E-state index >= 15 is 0 Å². The summed E-state index contributed by atoms with van der Waals surface area (Å²) in [5.41, 5.74) is 1.42. The number of aromatic nitrogens is 4. The number of aryl methyl sites for hydroxylation is 1. The highest BCUT2D eigenvalue weighted by molar-refractivity contribution is 7.99. The average molecular weight is 393 g/mol. The van der Waals surface area contributed by atoms with Gasteiger partial charge in [-0.3, -0.25) is 18.6 Å². The van der Waals surface area contributed by atoms with Crippen LogP contribution in [-0.2, 0) is 11.3 Å². The Kier molecular flexibility index (Phi) is 5.12. The first kappa shape index (κ1) is 18.2. The van der Waals surface area contributed by atoms with E-state index in [9.17, 15) is 9.59 Å². The summed E-state index contributed by atoms with van der Waals surface area (Å²) in [7, 11) is 0. The van der Waals surface area contributed by atoms with Gasteiger partial charge in [0.2, 0.25) is 11.7 Å². The van der Waals surface area contributed by atoms with Gasteiger partial charge in [-0.25, -0.2) is 0 Å². The number of rotatable bonds is 6. The van der Waals surface area contributed by atoms with E-state index in [1.54, 1.807) is 10.6 Å². The zero-order valence-corrected chi connectivity index (χ0v) is 16.1. The number of anilines is 1. The maximum absolute atomic E-state index is 12.8. The number of carbonyl (C=O) groups is 1. The van der Waals surface area contributed by atoms with E-state index < -0.39 is 0 Å². The minimum Gasteiger partial charge on any atom is -0.325 e. The second-order valence-electron chi connectivity index (χ2n) is 6.29. The lowest BCUT2D eigenvalue weighted by Gasteiger charge is -2.10. The van der Waals surface area contributed by atoms with Crippen LogP contribution in [0.1, 0.15) is 13.3 Å². The van der Waals surface area contributed by atoms with Gasteiger partial charge in [-0.2, -0.15) is 0 Å². The fourth-order valence-corrected chi connectivity index (χ4v) is 3.84. The van der Waals surface area contributed by atoms with E-state index in [-0.39, 0.29) is 17.2 Å². The van der Waals surface area contributed by atoms with Crippen molar-refractivity contribution >= 4 is 40.0 Å². The number of para-hydroxylation sites is 2. The topological polar surface area (TPSA) is 81.3 Å². The number of amides is 1. The van der Waals surface area contributed by atoms with E-state index in [0.29, 0.717) is 22.9 Å². The van der Waals surface area contributed by atoms with Gasteiger partial charge in [0, 0.05) is 12.2 Å². The van der Waals surface area contributed by atoms with Gasteiger partial charge in [-0.05, 0) is 30.7 Å². The van der Waals surface area contributed by atoms with Crippen LogP contribution in [0.25, 0.3) is 16.7 Å². The molecule has 8 heteroatoms. The van der Waals surface area contributed by atoms with Crippen LogP contribution in [0.2, 0.25) is 0 Å². The van der Waals surface area contributed by atoms with Crippen molar-refractivity contribution in [2.45, 2.75) is 25.0 Å². The molecule has 0 saturated heterocycles. The minimum absolute atomic E-state index is 0.0734. The second kappa shape index (κ2) is 7.85. The summed E-state index contributed by atoms with van der Waals surface area (Å²) < 4.78 is 3.50. The molecule has 4 rings (SSSR count). The predicted octanol–water partition coefficient (Wildman–Crippen LogP) is 3.19. The molecule has 28 heavy (non-hydrogen) atoms. The summed E-state index contributed by atoms with van der Waals surface area (Å²) in [4.78, 5) is 25.1. The summed E-state index contributed by atoms with van der Waals surface area (Å²) in [6, 6.07) is 16.7. The normalized spacial score (nSPS) is 11.2. The maximum Gasteiger partial charge on any atom is 0.262 e. The standard InChI is InChI=1S/C20H19N5O2S/c1-2-12-24-18(27)15-10-6-7-11-16(15)25-19(24)22-23-20(25)28-13-17(26)21-14-8-4-3-5-9-14/h3-11H,2,12-13H2,1H3,(H,21,26). The fourth-order valence-electron chi connectivity index (χ4n) is 3.10. The molecule has 0 atom stereocenters. The van der Waals surface area contributed by atoms with E-state index in [4.69, 9.17) is 0 Å². The maximum atomic E-state index is 12.8. The number of nitrogens with zero attached hydrogens (tertiary/aromatic N) is 4. The van der Waals surface area contributed by atoms with Crippen molar-refractivity contribution in [1.29, 1.82) is 0 Å². The quantitative estimate of drug-likeness (QED) is 0.509. The van der Waals surface area contributed by atoms with Crippen molar-refractivity contribution in [2.75, 3.05) is 11.1 Å². The molecule has 0 bridgehead atoms. The van der Waals surface area contributed by atoms with Gasteiger partial charge >= 0.3 is 0 Å². The van der Waals surface area contributed by atoms with Crippen molar-refractivity contribution in [2.24, 2.45) is 0 Å². The summed E-state index contributed by atoms with van der Waals surface area (Å²) in [5, 5.41) is 12.5. The number of hydrogen-bond donors (Lipinski definition) is 1. The first-order valence-corrected chi connectivity index (χ1v) is 10.0. The molecule has 0 spiro atoms. The molecule has 1 amide bonds. The van der Waals surface area contributed by atoms with Crippen LogP contribution in [0.5, 0.6) is 0 Å². The number of hydrogen-bond acceptors (Lipinski definition) is 5. The molecule has 2 aromatic heterocycles. The smallest absolute Gasteiger partial charge is 0.262 e. The van der Waals surface area contributed by atoms with Gasteiger partial charge in [0.05, 0.1) is 16.7 Å². The first-order chi connectivity index (χ1) is 13.7. The molecule has 0 aliphatic rings. The first-order valence-electron chi connectivity index (χ1n) is 9.03. The molecule has 0 unspecified atom stereocenters. The van der Waals surface area contributed by atoms with Gasteiger partial charge < -0.3 is 5.32 Å². The largest absolute Gasteiger partial charge is 0.325 e. The lowest BCUT2D eigenvalue weighted by molar-refractivity contribution is -0.113. The molecular formula is C20H19N5O2S. The zero-order valence-electron chi connectivity index (χ0n) is 15.3. The number of benzene rings is 2. The number of nitrogens with one attached hydrogen (secondary N) is 1. The Labute approximate surface area is 165 Å². The highest BCUT2D eigenvalue weighted by atomic mass is 32.2. The Morgan fingerprint density at radius 2 is 1.82 bits per heavy atom. The van der Waals surface area contributed by atoms with E-state index in [0.717, 1.165) is 17.6 Å². The Hall–Kier alpha value is -3.13. The lowest BCUT2D eigenvalue weighted by atomic mass is 10.2. The molecular weight excluding hydrogens is 374 g/mol. The Morgan fingerprint density at radius 1 is 1.07 bits per heavy atom. The van der Waals surface area contributed by atoms with Crippen LogP contribution in [0, 0.1) is 0 Å². The highest BCUT2D eigenvalue weighted by Gasteiger charge is 2.17. The van der Waals surface area contributed by atoms with E-state index in [1.807, 2.05) is 59.9 Å². The average Bonchev–Trinajstić information content (AvgIpc) is 3.14. The van der Waals surface area contributed by atoms with Crippen LogP contribution < -0.4 is 10.9 Å². The number of carbonyl (C=O) groups excluding carboxylic acids is 1.